The molecule has 4 fully saturated rings. The van der Waals surface area contributed by atoms with Gasteiger partial charge in [0.05, 0.1) is 6.10 Å². The van der Waals surface area contributed by atoms with Crippen molar-refractivity contribution in [3.05, 3.63) is 18.5 Å². The number of piperazine rings is 1. The molecule has 0 aromatic carbocycles. The number of aliphatic imine (C=N–C) groups is 1. The molecule has 0 bridgehead atoms. The van der Waals surface area contributed by atoms with Gasteiger partial charge < -0.3 is 19.9 Å². The number of hydrogen-bond acceptors (Lipinski definition) is 5. The molecular weight excluding hydrogens is 340 g/mol. The van der Waals surface area contributed by atoms with Crippen LogP contribution in [0.25, 0.3) is 0 Å². The number of ether oxygens (including phenoxy) is 1. The molecule has 0 amide bonds. The van der Waals surface area contributed by atoms with Gasteiger partial charge in [-0.25, -0.2) is 9.97 Å². The van der Waals surface area contributed by atoms with Crippen molar-refractivity contribution in [2.45, 2.75) is 44.8 Å². The molecule has 2 aliphatic heterocycles. The zero-order valence-electron chi connectivity index (χ0n) is 16.2. The first kappa shape index (κ1) is 17.2. The summed E-state index contributed by atoms with van der Waals surface area (Å²) in [4.78, 5) is 18.3. The maximum absolute atomic E-state index is 6.08. The van der Waals surface area contributed by atoms with E-state index in [1.807, 2.05) is 18.5 Å². The predicted molar refractivity (Wildman–Crippen MR) is 105 cm³/mol. The van der Waals surface area contributed by atoms with Gasteiger partial charge in [0.15, 0.2) is 5.96 Å². The van der Waals surface area contributed by atoms with E-state index in [1.165, 1.54) is 25.7 Å². The Morgan fingerprint density at radius 1 is 1.26 bits per heavy atom. The summed E-state index contributed by atoms with van der Waals surface area (Å²) in [6.07, 6.45) is 9.29. The third-order valence-electron chi connectivity index (χ3n) is 7.04. The predicted octanol–water partition coefficient (Wildman–Crippen LogP) is 1.52. The minimum Gasteiger partial charge on any atom is -0.377 e. The van der Waals surface area contributed by atoms with Gasteiger partial charge in [-0.1, -0.05) is 6.42 Å². The molecule has 0 radical (unpaired) electrons. The highest BCUT2D eigenvalue weighted by Crippen LogP contribution is 2.62. The highest BCUT2D eigenvalue weighted by Gasteiger charge is 2.66. The molecule has 5 rings (SSSR count). The first-order chi connectivity index (χ1) is 13.3. The van der Waals surface area contributed by atoms with E-state index in [2.05, 4.69) is 32.0 Å². The highest BCUT2D eigenvalue weighted by molar-refractivity contribution is 5.81. The summed E-state index contributed by atoms with van der Waals surface area (Å²) in [5.74, 6) is 2.59. The number of fused-ring (bicyclic) bond motifs is 2. The number of hydrogen-bond donors (Lipinski definition) is 1. The lowest BCUT2D eigenvalue weighted by atomic mass is 9.46. The van der Waals surface area contributed by atoms with Crippen LogP contribution in [-0.2, 0) is 4.74 Å². The van der Waals surface area contributed by atoms with Crippen molar-refractivity contribution in [3.8, 4) is 0 Å². The fourth-order valence-electron chi connectivity index (χ4n) is 5.55. The molecule has 3 heterocycles. The van der Waals surface area contributed by atoms with E-state index in [4.69, 9.17) is 9.73 Å². The summed E-state index contributed by atoms with van der Waals surface area (Å²) in [5, 5.41) is 3.89. The first-order valence-electron chi connectivity index (χ1n) is 10.5. The molecule has 146 valence electrons. The van der Waals surface area contributed by atoms with Crippen LogP contribution in [0, 0.1) is 11.3 Å². The van der Waals surface area contributed by atoms with E-state index in [0.29, 0.717) is 23.5 Å². The van der Waals surface area contributed by atoms with E-state index in [1.54, 1.807) is 0 Å². The average molecular weight is 371 g/mol. The molecule has 2 saturated carbocycles. The van der Waals surface area contributed by atoms with E-state index in [0.717, 1.165) is 51.2 Å². The van der Waals surface area contributed by atoms with Gasteiger partial charge in [0.25, 0.3) is 0 Å². The van der Waals surface area contributed by atoms with Gasteiger partial charge >= 0.3 is 0 Å². The Hall–Kier alpha value is -1.89. The lowest BCUT2D eigenvalue weighted by Crippen LogP contribution is -2.73. The van der Waals surface area contributed by atoms with Gasteiger partial charge in [-0.3, -0.25) is 4.99 Å². The Kier molecular flexibility index (Phi) is 4.42. The van der Waals surface area contributed by atoms with Crippen molar-refractivity contribution in [2.24, 2.45) is 16.3 Å². The molecule has 1 spiro atoms. The Labute approximate surface area is 161 Å². The normalized spacial score (nSPS) is 32.0. The van der Waals surface area contributed by atoms with Gasteiger partial charge in [-0.15, -0.1) is 0 Å². The van der Waals surface area contributed by atoms with Crippen LogP contribution in [0.1, 0.15) is 32.6 Å². The standard InChI is InChI=1S/C20H30N6O/c1-2-21-19(24-16-15-5-14-27-17(15)20(16)6-3-7-20)26-12-10-25(11-13-26)18-22-8-4-9-23-18/h4,8-9,15-17H,2-3,5-7,10-14H2,1H3,(H,21,24). The average Bonchev–Trinajstić information content (AvgIpc) is 3.10. The minimum atomic E-state index is 0.384. The Balaban J connectivity index is 1.25. The molecule has 27 heavy (non-hydrogen) atoms. The molecule has 1 N–H and O–H groups in total. The van der Waals surface area contributed by atoms with Gasteiger partial charge in [0.2, 0.25) is 5.95 Å². The molecule has 2 aliphatic carbocycles. The summed E-state index contributed by atoms with van der Waals surface area (Å²) in [5.41, 5.74) is 0.384. The molecule has 4 aliphatic rings. The van der Waals surface area contributed by atoms with Crippen molar-refractivity contribution in [2.75, 3.05) is 44.2 Å². The number of nitrogens with zero attached hydrogens (tertiary/aromatic N) is 5. The number of rotatable bonds is 3. The van der Waals surface area contributed by atoms with Crippen LogP contribution >= 0.6 is 0 Å². The van der Waals surface area contributed by atoms with Crippen molar-refractivity contribution < 1.29 is 4.74 Å². The maximum Gasteiger partial charge on any atom is 0.225 e. The third kappa shape index (κ3) is 2.78. The SMILES string of the molecule is CCN=C(NC1C2CCOC2C12CCC2)N1CCN(c2ncccn2)CC1. The topological polar surface area (TPSA) is 65.9 Å². The van der Waals surface area contributed by atoms with Crippen molar-refractivity contribution in [3.63, 3.8) is 0 Å². The van der Waals surface area contributed by atoms with Crippen LogP contribution in [0.5, 0.6) is 0 Å². The molecule has 7 nitrogen and oxygen atoms in total. The van der Waals surface area contributed by atoms with Crippen molar-refractivity contribution in [1.82, 2.24) is 20.2 Å². The van der Waals surface area contributed by atoms with E-state index in [9.17, 15) is 0 Å². The number of nitrogens with one attached hydrogen (secondary N) is 1. The van der Waals surface area contributed by atoms with Gasteiger partial charge in [-0.2, -0.15) is 0 Å². The maximum atomic E-state index is 6.08. The third-order valence-corrected chi connectivity index (χ3v) is 7.04. The molecule has 3 atom stereocenters. The van der Waals surface area contributed by atoms with Crippen LogP contribution in [0.3, 0.4) is 0 Å². The summed E-state index contributed by atoms with van der Waals surface area (Å²) in [6.45, 7) is 7.64. The minimum absolute atomic E-state index is 0.384. The molecule has 2 saturated heterocycles. The Bertz CT molecular complexity index is 683. The number of guanidine groups is 1. The lowest BCUT2D eigenvalue weighted by molar-refractivity contribution is -0.171. The van der Waals surface area contributed by atoms with Crippen LogP contribution in [0.15, 0.2) is 23.5 Å². The van der Waals surface area contributed by atoms with Gasteiger partial charge in [0, 0.05) is 69.1 Å². The van der Waals surface area contributed by atoms with Crippen LogP contribution in [0.4, 0.5) is 5.95 Å². The van der Waals surface area contributed by atoms with E-state index >= 15 is 0 Å². The number of aromatic nitrogens is 2. The summed E-state index contributed by atoms with van der Waals surface area (Å²) in [6, 6.07) is 2.41. The monoisotopic (exact) mass is 370 g/mol. The Morgan fingerprint density at radius 2 is 2.04 bits per heavy atom. The second-order valence-electron chi connectivity index (χ2n) is 8.27. The molecule has 1 aromatic rings. The fraction of sp³-hybridized carbons (Fsp3) is 0.750. The second-order valence-corrected chi connectivity index (χ2v) is 8.27. The van der Waals surface area contributed by atoms with Gasteiger partial charge in [0.1, 0.15) is 0 Å². The largest absolute Gasteiger partial charge is 0.377 e. The van der Waals surface area contributed by atoms with E-state index < -0.39 is 0 Å². The first-order valence-corrected chi connectivity index (χ1v) is 10.5. The van der Waals surface area contributed by atoms with Crippen LogP contribution in [-0.4, -0.2) is 72.3 Å². The molecular formula is C20H30N6O. The van der Waals surface area contributed by atoms with E-state index in [-0.39, 0.29) is 0 Å². The zero-order chi connectivity index (χ0) is 18.3. The van der Waals surface area contributed by atoms with Crippen LogP contribution in [0.2, 0.25) is 0 Å². The highest BCUT2D eigenvalue weighted by atomic mass is 16.5. The van der Waals surface area contributed by atoms with Crippen molar-refractivity contribution >= 4 is 11.9 Å². The second kappa shape index (κ2) is 6.93. The smallest absolute Gasteiger partial charge is 0.225 e. The number of anilines is 1. The summed E-state index contributed by atoms with van der Waals surface area (Å²) < 4.78 is 6.08. The quantitative estimate of drug-likeness (QED) is 0.643. The summed E-state index contributed by atoms with van der Waals surface area (Å²) in [7, 11) is 0. The molecule has 1 aromatic heterocycles. The lowest BCUT2D eigenvalue weighted by Gasteiger charge is -2.63. The van der Waals surface area contributed by atoms with Gasteiger partial charge in [-0.05, 0) is 32.3 Å². The molecule has 7 heteroatoms. The zero-order valence-corrected chi connectivity index (χ0v) is 16.2. The van der Waals surface area contributed by atoms with Crippen molar-refractivity contribution in [1.29, 1.82) is 0 Å². The molecule has 3 unspecified atom stereocenters. The fourth-order valence-corrected chi connectivity index (χ4v) is 5.55. The van der Waals surface area contributed by atoms with Crippen LogP contribution < -0.4 is 10.2 Å². The summed E-state index contributed by atoms with van der Waals surface area (Å²) >= 11 is 0. The Morgan fingerprint density at radius 3 is 2.70 bits per heavy atom.